The summed E-state index contributed by atoms with van der Waals surface area (Å²) in [5.74, 6) is -1.27. The molecule has 0 saturated carbocycles. The van der Waals surface area contributed by atoms with Crippen molar-refractivity contribution in [3.8, 4) is 6.07 Å². The molecule has 0 aliphatic carbocycles. The zero-order valence-electron chi connectivity index (χ0n) is 17.1. The van der Waals surface area contributed by atoms with Crippen LogP contribution >= 0.6 is 23.4 Å². The summed E-state index contributed by atoms with van der Waals surface area (Å²) in [4.78, 5) is 26.7. The second kappa shape index (κ2) is 8.71. The van der Waals surface area contributed by atoms with Crippen molar-refractivity contribution in [1.29, 1.82) is 5.26 Å². The van der Waals surface area contributed by atoms with Crippen LogP contribution in [0.1, 0.15) is 49.1 Å². The van der Waals surface area contributed by atoms with Crippen molar-refractivity contribution in [2.45, 2.75) is 37.7 Å². The monoisotopic (exact) mass is 442 g/mol. The maximum atomic E-state index is 13.5. The Balaban J connectivity index is 2.25. The Kier molecular flexibility index (Phi) is 6.44. The molecule has 1 amide bonds. The lowest BCUT2D eigenvalue weighted by Crippen LogP contribution is -2.42. The molecule has 156 valence electrons. The second-order valence-electron chi connectivity index (χ2n) is 8.49. The van der Waals surface area contributed by atoms with Crippen LogP contribution in [0.15, 0.2) is 42.5 Å². The summed E-state index contributed by atoms with van der Waals surface area (Å²) in [6.07, 6.45) is -0.288. The van der Waals surface area contributed by atoms with Gasteiger partial charge in [-0.1, -0.05) is 50.6 Å². The number of amides is 1. The number of fused-ring (bicyclic) bond motifs is 1. The van der Waals surface area contributed by atoms with Gasteiger partial charge in [0.1, 0.15) is 0 Å². The van der Waals surface area contributed by atoms with E-state index in [2.05, 4.69) is 6.07 Å². The smallest absolute Gasteiger partial charge is 0.305 e. The average Bonchev–Trinajstić information content (AvgIpc) is 2.77. The van der Waals surface area contributed by atoms with Crippen molar-refractivity contribution in [3.63, 3.8) is 0 Å². The number of halogens is 1. The van der Waals surface area contributed by atoms with Crippen LogP contribution in [0.4, 0.5) is 5.69 Å². The lowest BCUT2D eigenvalue weighted by atomic mass is 9.94. The molecule has 3 rings (SSSR count). The fourth-order valence-corrected chi connectivity index (χ4v) is 5.34. The maximum Gasteiger partial charge on any atom is 0.305 e. The van der Waals surface area contributed by atoms with Crippen molar-refractivity contribution < 1.29 is 14.7 Å². The summed E-state index contributed by atoms with van der Waals surface area (Å²) in [6.45, 7) is 6.51. The van der Waals surface area contributed by atoms with Gasteiger partial charge in [0.15, 0.2) is 0 Å². The number of anilines is 1. The lowest BCUT2D eigenvalue weighted by molar-refractivity contribution is -0.138. The third-order valence-electron chi connectivity index (χ3n) is 4.75. The molecule has 0 unspecified atom stereocenters. The number of carboxylic acid groups (broad SMARTS) is 1. The molecular weight excluding hydrogens is 420 g/mol. The summed E-state index contributed by atoms with van der Waals surface area (Å²) >= 11 is 7.77. The van der Waals surface area contributed by atoms with E-state index in [4.69, 9.17) is 11.6 Å². The minimum absolute atomic E-state index is 0.205. The molecule has 2 aromatic carbocycles. The Morgan fingerprint density at radius 3 is 2.53 bits per heavy atom. The largest absolute Gasteiger partial charge is 0.481 e. The number of nitrogens with zero attached hydrogens (tertiary/aromatic N) is 2. The van der Waals surface area contributed by atoms with E-state index in [9.17, 15) is 20.0 Å². The zero-order chi connectivity index (χ0) is 22.1. The van der Waals surface area contributed by atoms with E-state index >= 15 is 0 Å². The van der Waals surface area contributed by atoms with Gasteiger partial charge in [-0.3, -0.25) is 9.59 Å². The third kappa shape index (κ3) is 4.80. The summed E-state index contributed by atoms with van der Waals surface area (Å²) < 4.78 is 0. The normalized spacial score (nSPS) is 19.0. The molecule has 2 aromatic rings. The van der Waals surface area contributed by atoms with Crippen LogP contribution < -0.4 is 4.90 Å². The Labute approximate surface area is 185 Å². The molecule has 1 aliphatic heterocycles. The van der Waals surface area contributed by atoms with E-state index in [1.807, 2.05) is 39.0 Å². The Morgan fingerprint density at radius 2 is 1.93 bits per heavy atom. The Bertz CT molecular complexity index is 1030. The Hall–Kier alpha value is -2.49. The first-order valence-corrected chi connectivity index (χ1v) is 10.9. The number of carbonyl (C=O) groups is 2. The SMILES string of the molecule is CC(C)(C)CN1C(=O)[C@@H](CC(=O)O)S[C@H](c2ccccc2Cl)c2cc(C#N)ccc21. The molecule has 1 N–H and O–H groups in total. The molecule has 0 aromatic heterocycles. The molecule has 1 heterocycles. The molecule has 0 spiro atoms. The van der Waals surface area contributed by atoms with Gasteiger partial charge >= 0.3 is 5.97 Å². The van der Waals surface area contributed by atoms with Gasteiger partial charge < -0.3 is 10.0 Å². The van der Waals surface area contributed by atoms with Gasteiger partial charge in [-0.25, -0.2) is 0 Å². The number of hydrogen-bond acceptors (Lipinski definition) is 4. The molecule has 0 radical (unpaired) electrons. The fraction of sp³-hybridized carbons (Fsp3) is 0.348. The van der Waals surface area contributed by atoms with Crippen molar-refractivity contribution in [2.75, 3.05) is 11.4 Å². The van der Waals surface area contributed by atoms with Crippen LogP contribution in [0.25, 0.3) is 0 Å². The highest BCUT2D eigenvalue weighted by Gasteiger charge is 2.39. The summed E-state index contributed by atoms with van der Waals surface area (Å²) in [6, 6.07) is 14.8. The van der Waals surface area contributed by atoms with E-state index in [1.54, 1.807) is 29.2 Å². The van der Waals surface area contributed by atoms with Crippen LogP contribution in [0.5, 0.6) is 0 Å². The zero-order valence-corrected chi connectivity index (χ0v) is 18.6. The first kappa shape index (κ1) is 22.2. The van der Waals surface area contributed by atoms with Crippen molar-refractivity contribution in [3.05, 3.63) is 64.2 Å². The van der Waals surface area contributed by atoms with E-state index in [0.29, 0.717) is 22.8 Å². The molecule has 0 bridgehead atoms. The van der Waals surface area contributed by atoms with Crippen LogP contribution in [0, 0.1) is 16.7 Å². The lowest BCUT2D eigenvalue weighted by Gasteiger charge is -2.31. The van der Waals surface area contributed by atoms with Gasteiger partial charge in [-0.05, 0) is 40.8 Å². The summed E-state index contributed by atoms with van der Waals surface area (Å²) in [5, 5.41) is 18.3. The molecule has 7 heteroatoms. The quantitative estimate of drug-likeness (QED) is 0.697. The van der Waals surface area contributed by atoms with E-state index < -0.39 is 11.2 Å². The molecule has 5 nitrogen and oxygen atoms in total. The minimum Gasteiger partial charge on any atom is -0.481 e. The molecule has 30 heavy (non-hydrogen) atoms. The van der Waals surface area contributed by atoms with E-state index in [-0.39, 0.29) is 23.0 Å². The minimum atomic E-state index is -1.03. The number of carbonyl (C=O) groups excluding carboxylic acids is 1. The van der Waals surface area contributed by atoms with E-state index in [0.717, 1.165) is 11.1 Å². The summed E-state index contributed by atoms with van der Waals surface area (Å²) in [5.41, 5.74) is 2.55. The molecule has 2 atom stereocenters. The van der Waals surface area contributed by atoms with Crippen LogP contribution in [-0.2, 0) is 9.59 Å². The van der Waals surface area contributed by atoms with Gasteiger partial charge in [0.25, 0.3) is 0 Å². The standard InChI is InChI=1S/C23H23ClN2O3S/c1-23(2,3)13-26-18-9-8-14(12-25)10-16(18)21(15-6-4-5-7-17(15)24)30-19(22(26)29)11-20(27)28/h4-10,19,21H,11,13H2,1-3H3,(H,27,28)/t19-,21-/m1/s1. The van der Waals surface area contributed by atoms with Crippen molar-refractivity contribution in [2.24, 2.45) is 5.41 Å². The van der Waals surface area contributed by atoms with Crippen molar-refractivity contribution >= 4 is 40.9 Å². The van der Waals surface area contributed by atoms with Crippen LogP contribution in [0.2, 0.25) is 5.02 Å². The fourth-order valence-electron chi connectivity index (χ4n) is 3.53. The maximum absolute atomic E-state index is 13.5. The van der Waals surface area contributed by atoms with Gasteiger partial charge in [0, 0.05) is 17.3 Å². The molecular formula is C23H23ClN2O3S. The van der Waals surface area contributed by atoms with Crippen LogP contribution in [0.3, 0.4) is 0 Å². The van der Waals surface area contributed by atoms with Gasteiger partial charge in [-0.2, -0.15) is 5.26 Å². The van der Waals surface area contributed by atoms with Gasteiger partial charge in [-0.15, -0.1) is 11.8 Å². The van der Waals surface area contributed by atoms with E-state index in [1.165, 1.54) is 11.8 Å². The second-order valence-corrected chi connectivity index (χ2v) is 10.2. The average molecular weight is 443 g/mol. The number of thioether (sulfide) groups is 1. The highest BCUT2D eigenvalue weighted by Crippen LogP contribution is 2.49. The first-order valence-electron chi connectivity index (χ1n) is 9.58. The number of benzene rings is 2. The highest BCUT2D eigenvalue weighted by atomic mass is 35.5. The van der Waals surface area contributed by atoms with Crippen LogP contribution in [-0.4, -0.2) is 28.8 Å². The first-order chi connectivity index (χ1) is 14.1. The number of rotatable bonds is 4. The number of aliphatic carboxylic acids is 1. The molecule has 1 aliphatic rings. The van der Waals surface area contributed by atoms with Gasteiger partial charge in [0.05, 0.1) is 28.6 Å². The molecule has 0 fully saturated rings. The third-order valence-corrected chi connectivity index (χ3v) is 6.57. The predicted molar refractivity (Wildman–Crippen MR) is 120 cm³/mol. The summed E-state index contributed by atoms with van der Waals surface area (Å²) in [7, 11) is 0. The topological polar surface area (TPSA) is 81.4 Å². The Morgan fingerprint density at radius 1 is 1.23 bits per heavy atom. The molecule has 0 saturated heterocycles. The van der Waals surface area contributed by atoms with Crippen molar-refractivity contribution in [1.82, 2.24) is 0 Å². The van der Waals surface area contributed by atoms with Gasteiger partial charge in [0.2, 0.25) is 5.91 Å². The predicted octanol–water partition coefficient (Wildman–Crippen LogP) is 5.27. The number of nitriles is 1. The number of hydrogen-bond donors (Lipinski definition) is 1. The number of carboxylic acids is 1. The highest BCUT2D eigenvalue weighted by molar-refractivity contribution is 8.01.